The molecule has 1 rings (SSSR count). The molecule has 2 unspecified atom stereocenters. The van der Waals surface area contributed by atoms with Gasteiger partial charge in [-0.2, -0.15) is 0 Å². The lowest BCUT2D eigenvalue weighted by atomic mass is 10.0. The van der Waals surface area contributed by atoms with Gasteiger partial charge in [0.2, 0.25) is 0 Å². The van der Waals surface area contributed by atoms with Gasteiger partial charge in [0.15, 0.2) is 0 Å². The monoisotopic (exact) mass is 679 g/mol. The number of aliphatic hydroxyl groups excluding tert-OH is 1. The van der Waals surface area contributed by atoms with E-state index in [9.17, 15) is 14.7 Å². The molecule has 6 heteroatoms. The molecule has 1 saturated heterocycles. The Bertz CT molecular complexity index is 765. The maximum atomic E-state index is 12.0. The van der Waals surface area contributed by atoms with Crippen LogP contribution in [0.4, 0.5) is 0 Å². The van der Waals surface area contributed by atoms with Gasteiger partial charge in [-0.05, 0) is 44.4 Å². The Morgan fingerprint density at radius 3 is 1.54 bits per heavy atom. The van der Waals surface area contributed by atoms with Crippen molar-refractivity contribution < 1.29 is 28.9 Å². The number of esters is 2. The van der Waals surface area contributed by atoms with Crippen molar-refractivity contribution in [1.29, 1.82) is 0 Å². The lowest BCUT2D eigenvalue weighted by Crippen LogP contribution is -2.25. The second kappa shape index (κ2) is 32.8. The third kappa shape index (κ3) is 30.6. The summed E-state index contributed by atoms with van der Waals surface area (Å²) in [6.07, 6.45) is 38.7. The number of carbonyl (C=O) groups excluding carboxylic acids is 2. The van der Waals surface area contributed by atoms with Gasteiger partial charge in [0.25, 0.3) is 0 Å². The van der Waals surface area contributed by atoms with E-state index in [2.05, 4.69) is 32.9 Å². The lowest BCUT2D eigenvalue weighted by Gasteiger charge is -2.12. The average Bonchev–Trinajstić information content (AvgIpc) is 3.82. The third-order valence-electron chi connectivity index (χ3n) is 9.60. The van der Waals surface area contributed by atoms with E-state index in [4.69, 9.17) is 14.2 Å². The van der Waals surface area contributed by atoms with Crippen molar-refractivity contribution in [2.24, 2.45) is 5.92 Å². The number of hydrogen-bond donors (Lipinski definition) is 1. The first kappa shape index (κ1) is 44.6. The van der Waals surface area contributed by atoms with Gasteiger partial charge in [-0.1, -0.05) is 168 Å². The van der Waals surface area contributed by atoms with Crippen LogP contribution in [0, 0.1) is 5.92 Å². The minimum atomic E-state index is -0.969. The molecular weight excluding hydrogens is 600 g/mol. The van der Waals surface area contributed by atoms with Crippen molar-refractivity contribution >= 4 is 11.9 Å². The molecule has 0 aromatic heterocycles. The minimum Gasteiger partial charge on any atom is -0.463 e. The van der Waals surface area contributed by atoms with E-state index >= 15 is 0 Å². The highest BCUT2D eigenvalue weighted by Crippen LogP contribution is 2.30. The molecule has 0 bridgehead atoms. The molecule has 0 spiro atoms. The topological polar surface area (TPSA) is 85.4 Å². The molecule has 1 aliphatic rings. The molecule has 282 valence electrons. The van der Waals surface area contributed by atoms with Crippen molar-refractivity contribution in [2.75, 3.05) is 13.2 Å². The van der Waals surface area contributed by atoms with E-state index in [1.165, 1.54) is 122 Å². The van der Waals surface area contributed by atoms with Crippen LogP contribution in [0.5, 0.6) is 0 Å². The van der Waals surface area contributed by atoms with Gasteiger partial charge in [0.1, 0.15) is 19.3 Å². The van der Waals surface area contributed by atoms with Gasteiger partial charge in [-0.25, -0.2) is 0 Å². The molecule has 48 heavy (non-hydrogen) atoms. The summed E-state index contributed by atoms with van der Waals surface area (Å²) in [6.45, 7) is 6.63. The quantitative estimate of drug-likeness (QED) is 0.0307. The number of carbonyl (C=O) groups is 2. The zero-order valence-electron chi connectivity index (χ0n) is 31.9. The predicted octanol–water partition coefficient (Wildman–Crippen LogP) is 11.7. The smallest absolute Gasteiger partial charge is 0.305 e. The Morgan fingerprint density at radius 2 is 1.06 bits per heavy atom. The van der Waals surface area contributed by atoms with Crippen LogP contribution in [-0.2, 0) is 23.8 Å². The molecule has 3 atom stereocenters. The van der Waals surface area contributed by atoms with E-state index in [1.54, 1.807) is 0 Å². The zero-order valence-corrected chi connectivity index (χ0v) is 31.9. The molecule has 1 heterocycles. The van der Waals surface area contributed by atoms with Gasteiger partial charge in [0.05, 0.1) is 12.2 Å². The summed E-state index contributed by atoms with van der Waals surface area (Å²) in [5, 5.41) is 10.0. The van der Waals surface area contributed by atoms with Crippen LogP contribution < -0.4 is 0 Å². The summed E-state index contributed by atoms with van der Waals surface area (Å²) in [4.78, 5) is 24.0. The first-order valence-corrected chi connectivity index (χ1v) is 20.7. The van der Waals surface area contributed by atoms with Crippen LogP contribution in [0.1, 0.15) is 207 Å². The SMILES string of the molecule is CCCCCC1OC1C/C=C\CCCCCCCC(=O)OC[C@@H](O)COC(=O)CCCCCCCCCCCCCCCCCC(C)C. The molecule has 0 aliphatic carbocycles. The second-order valence-corrected chi connectivity index (χ2v) is 15.0. The van der Waals surface area contributed by atoms with Crippen molar-refractivity contribution in [2.45, 2.75) is 225 Å². The predicted molar refractivity (Wildman–Crippen MR) is 200 cm³/mol. The van der Waals surface area contributed by atoms with Crippen LogP contribution in [-0.4, -0.2) is 48.6 Å². The van der Waals surface area contributed by atoms with Crippen LogP contribution in [0.2, 0.25) is 0 Å². The number of hydrogen-bond acceptors (Lipinski definition) is 6. The number of aliphatic hydroxyl groups is 1. The van der Waals surface area contributed by atoms with Gasteiger partial charge in [-0.15, -0.1) is 0 Å². The first-order chi connectivity index (χ1) is 23.4. The second-order valence-electron chi connectivity index (χ2n) is 15.0. The number of rotatable bonds is 36. The number of allylic oxidation sites excluding steroid dienone is 1. The van der Waals surface area contributed by atoms with Crippen LogP contribution in [0.3, 0.4) is 0 Å². The van der Waals surface area contributed by atoms with E-state index in [0.29, 0.717) is 25.0 Å². The molecular formula is C42H78O6. The maximum absolute atomic E-state index is 12.0. The van der Waals surface area contributed by atoms with E-state index in [1.807, 2.05) is 0 Å². The standard InChI is InChI=1S/C42H78O6/c1-4-5-25-31-39-40(48-39)32-27-22-18-15-16-20-24-29-34-42(45)47-36-38(43)35-46-41(44)33-28-23-19-14-12-10-8-6-7-9-11-13-17-21-26-30-37(2)3/h22,27,37-40,43H,4-21,23-26,28-36H2,1-3H3/b27-22-/t38-,39?,40?/m0/s1. The highest BCUT2D eigenvalue weighted by atomic mass is 16.6. The van der Waals surface area contributed by atoms with Crippen LogP contribution >= 0.6 is 0 Å². The number of unbranched alkanes of at least 4 members (excludes halogenated alkanes) is 21. The summed E-state index contributed by atoms with van der Waals surface area (Å²) in [7, 11) is 0. The Labute approximate surface area is 296 Å². The Balaban J connectivity index is 1.79. The molecule has 1 aliphatic heterocycles. The largest absolute Gasteiger partial charge is 0.463 e. The summed E-state index contributed by atoms with van der Waals surface area (Å²) >= 11 is 0. The molecule has 0 radical (unpaired) electrons. The van der Waals surface area contributed by atoms with Crippen LogP contribution in [0.25, 0.3) is 0 Å². The molecule has 0 aromatic rings. The summed E-state index contributed by atoms with van der Waals surface area (Å²) < 4.78 is 16.1. The number of epoxide rings is 1. The first-order valence-electron chi connectivity index (χ1n) is 20.7. The Kier molecular flexibility index (Phi) is 30.5. The Morgan fingerprint density at radius 1 is 0.604 bits per heavy atom. The van der Waals surface area contributed by atoms with Crippen molar-refractivity contribution in [1.82, 2.24) is 0 Å². The zero-order chi connectivity index (χ0) is 34.9. The fourth-order valence-electron chi connectivity index (χ4n) is 6.34. The minimum absolute atomic E-state index is 0.119. The van der Waals surface area contributed by atoms with Crippen molar-refractivity contribution in [3.05, 3.63) is 12.2 Å². The average molecular weight is 679 g/mol. The summed E-state index contributed by atoms with van der Waals surface area (Å²) in [5.41, 5.74) is 0. The van der Waals surface area contributed by atoms with Gasteiger partial charge < -0.3 is 19.3 Å². The fourth-order valence-corrected chi connectivity index (χ4v) is 6.34. The van der Waals surface area contributed by atoms with Gasteiger partial charge in [0, 0.05) is 12.8 Å². The third-order valence-corrected chi connectivity index (χ3v) is 9.60. The molecule has 1 fully saturated rings. The number of ether oxygens (including phenoxy) is 3. The highest BCUT2D eigenvalue weighted by molar-refractivity contribution is 5.69. The fraction of sp³-hybridized carbons (Fsp3) is 0.905. The van der Waals surface area contributed by atoms with E-state index in [0.717, 1.165) is 57.3 Å². The molecule has 6 nitrogen and oxygen atoms in total. The molecule has 1 N–H and O–H groups in total. The van der Waals surface area contributed by atoms with E-state index < -0.39 is 6.10 Å². The molecule has 0 amide bonds. The van der Waals surface area contributed by atoms with Gasteiger partial charge >= 0.3 is 11.9 Å². The van der Waals surface area contributed by atoms with Crippen LogP contribution in [0.15, 0.2) is 12.2 Å². The van der Waals surface area contributed by atoms with E-state index in [-0.39, 0.29) is 25.2 Å². The highest BCUT2D eigenvalue weighted by Gasteiger charge is 2.36. The van der Waals surface area contributed by atoms with Gasteiger partial charge in [-0.3, -0.25) is 9.59 Å². The normalized spacial score (nSPS) is 16.5. The van der Waals surface area contributed by atoms with Crippen molar-refractivity contribution in [3.63, 3.8) is 0 Å². The maximum Gasteiger partial charge on any atom is 0.305 e. The Hall–Kier alpha value is -1.40. The summed E-state index contributed by atoms with van der Waals surface area (Å²) in [5.74, 6) is 0.277. The lowest BCUT2D eigenvalue weighted by molar-refractivity contribution is -0.152. The molecule has 0 aromatic carbocycles. The van der Waals surface area contributed by atoms with Crippen molar-refractivity contribution in [3.8, 4) is 0 Å². The molecule has 0 saturated carbocycles. The summed E-state index contributed by atoms with van der Waals surface area (Å²) in [6, 6.07) is 0.